The number of rotatable bonds is 5. The summed E-state index contributed by atoms with van der Waals surface area (Å²) in [4.78, 5) is 11.3. The summed E-state index contributed by atoms with van der Waals surface area (Å²) in [5.41, 5.74) is 8.63. The van der Waals surface area contributed by atoms with E-state index in [4.69, 9.17) is 9.97 Å². The summed E-state index contributed by atoms with van der Waals surface area (Å²) in [5, 5.41) is 16.7. The molecular weight excluding hydrogens is 757 g/mol. The average molecular weight is 791 g/mol. The SMILES string of the molecule is c1ccc(-c2nc(-c3ccc(-c4cccc(-c5cc6ccc7cccc8c9cccc%10ccc%11cccc(c(c5)c6c78)c%11c%109)c4)cc3)cc(-c3cc4ccccc4s3)n2)cc1. The van der Waals surface area contributed by atoms with Crippen LogP contribution in [0.15, 0.2) is 206 Å². The molecule has 0 aliphatic carbocycles. The van der Waals surface area contributed by atoms with Gasteiger partial charge in [-0.05, 0) is 129 Å². The normalized spacial score (nSPS) is 11.9. The third kappa shape index (κ3) is 5.48. The van der Waals surface area contributed by atoms with E-state index < -0.39 is 0 Å². The van der Waals surface area contributed by atoms with Crippen LogP contribution in [-0.4, -0.2) is 9.97 Å². The van der Waals surface area contributed by atoms with Crippen LogP contribution >= 0.6 is 11.3 Å². The lowest BCUT2D eigenvalue weighted by molar-refractivity contribution is 1.19. The first-order valence-corrected chi connectivity index (χ1v) is 21.6. The zero-order valence-electron chi connectivity index (χ0n) is 32.9. The molecule has 3 heteroatoms. The molecule has 0 atom stereocenters. The Labute approximate surface area is 356 Å². The molecule has 2 heterocycles. The highest BCUT2D eigenvalue weighted by atomic mass is 32.1. The fourth-order valence-corrected chi connectivity index (χ4v) is 10.7. The lowest BCUT2D eigenvalue weighted by Gasteiger charge is -2.17. The van der Waals surface area contributed by atoms with E-state index in [0.717, 1.165) is 38.8 Å². The van der Waals surface area contributed by atoms with Crippen molar-refractivity contribution in [1.82, 2.24) is 9.97 Å². The predicted molar refractivity (Wildman–Crippen MR) is 261 cm³/mol. The number of aromatic nitrogens is 2. The monoisotopic (exact) mass is 790 g/mol. The molecule has 0 radical (unpaired) electrons. The van der Waals surface area contributed by atoms with Crippen molar-refractivity contribution in [2.75, 3.05) is 0 Å². The molecule has 282 valence electrons. The fraction of sp³-hybridized carbons (Fsp3) is 0. The van der Waals surface area contributed by atoms with Crippen LogP contribution in [0.2, 0.25) is 0 Å². The molecule has 0 aliphatic heterocycles. The van der Waals surface area contributed by atoms with Crippen molar-refractivity contribution in [1.29, 1.82) is 0 Å². The first-order valence-electron chi connectivity index (χ1n) is 20.8. The van der Waals surface area contributed by atoms with Crippen molar-refractivity contribution in [2.45, 2.75) is 0 Å². The Morgan fingerprint density at radius 2 is 0.803 bits per heavy atom. The summed E-state index contributed by atoms with van der Waals surface area (Å²) in [6.07, 6.45) is 0. The highest BCUT2D eigenvalue weighted by Gasteiger charge is 2.17. The highest BCUT2D eigenvalue weighted by Crippen LogP contribution is 2.45. The maximum atomic E-state index is 5.12. The molecule has 0 saturated carbocycles. The first-order chi connectivity index (χ1) is 30.2. The number of benzene rings is 10. The van der Waals surface area contributed by atoms with E-state index in [1.165, 1.54) is 91.4 Å². The van der Waals surface area contributed by atoms with E-state index in [-0.39, 0.29) is 0 Å². The summed E-state index contributed by atoms with van der Waals surface area (Å²) >= 11 is 1.77. The zero-order valence-corrected chi connectivity index (χ0v) is 33.7. The molecule has 13 rings (SSSR count). The fourth-order valence-electron chi connectivity index (χ4n) is 9.71. The van der Waals surface area contributed by atoms with E-state index in [1.807, 2.05) is 18.2 Å². The van der Waals surface area contributed by atoms with E-state index in [1.54, 1.807) is 11.3 Å². The number of hydrogen-bond acceptors (Lipinski definition) is 3. The number of fused-ring (bicyclic) bond motifs is 3. The van der Waals surface area contributed by atoms with Gasteiger partial charge in [-0.15, -0.1) is 11.3 Å². The Kier molecular flexibility index (Phi) is 7.51. The van der Waals surface area contributed by atoms with Gasteiger partial charge in [-0.2, -0.15) is 0 Å². The summed E-state index contributed by atoms with van der Waals surface area (Å²) in [6, 6.07) is 75.4. The Hall–Kier alpha value is -7.72. The minimum Gasteiger partial charge on any atom is -0.228 e. The summed E-state index contributed by atoms with van der Waals surface area (Å²) in [6.45, 7) is 0. The van der Waals surface area contributed by atoms with Gasteiger partial charge in [0.1, 0.15) is 0 Å². The Bertz CT molecular complexity index is 3830. The van der Waals surface area contributed by atoms with Gasteiger partial charge in [0, 0.05) is 15.8 Å². The maximum absolute atomic E-state index is 5.12. The number of hydrogen-bond donors (Lipinski definition) is 0. The van der Waals surface area contributed by atoms with Crippen molar-refractivity contribution in [3.63, 3.8) is 0 Å². The van der Waals surface area contributed by atoms with Crippen LogP contribution in [0.25, 0.3) is 130 Å². The molecule has 2 aromatic heterocycles. The zero-order chi connectivity index (χ0) is 40.0. The van der Waals surface area contributed by atoms with Crippen LogP contribution in [0, 0.1) is 0 Å². The van der Waals surface area contributed by atoms with Crippen LogP contribution in [0.4, 0.5) is 0 Å². The second-order valence-electron chi connectivity index (χ2n) is 16.1. The Balaban J connectivity index is 0.947. The van der Waals surface area contributed by atoms with Crippen molar-refractivity contribution in [3.05, 3.63) is 206 Å². The average Bonchev–Trinajstić information content (AvgIpc) is 3.78. The van der Waals surface area contributed by atoms with Gasteiger partial charge in [0.05, 0.1) is 16.3 Å². The molecule has 11 aromatic carbocycles. The van der Waals surface area contributed by atoms with E-state index in [0.29, 0.717) is 0 Å². The van der Waals surface area contributed by atoms with E-state index >= 15 is 0 Å². The second kappa shape index (κ2) is 13.4. The molecule has 0 N–H and O–H groups in total. The third-order valence-corrected chi connectivity index (χ3v) is 13.7. The number of thiophene rings is 1. The smallest absolute Gasteiger partial charge is 0.160 e. The molecule has 61 heavy (non-hydrogen) atoms. The van der Waals surface area contributed by atoms with Crippen molar-refractivity contribution < 1.29 is 0 Å². The quantitative estimate of drug-likeness (QED) is 0.162. The lowest BCUT2D eigenvalue weighted by Crippen LogP contribution is -1.95. The van der Waals surface area contributed by atoms with Crippen molar-refractivity contribution >= 4 is 86.1 Å². The van der Waals surface area contributed by atoms with E-state index in [9.17, 15) is 0 Å². The van der Waals surface area contributed by atoms with Gasteiger partial charge in [-0.3, -0.25) is 0 Å². The molecule has 0 spiro atoms. The second-order valence-corrected chi connectivity index (χ2v) is 17.2. The van der Waals surface area contributed by atoms with Gasteiger partial charge in [0.2, 0.25) is 0 Å². The standard InChI is InChI=1S/C58H34N2S/c1-2-10-40(11-3-1)58-59-50(34-51(60-58)53-33-43-12-4-5-21-52(43)61-53)36-24-22-35(23-25-36)41-16-6-17-42(30-41)45-31-44-29-28-39-14-8-19-47-46-18-7-13-37-26-27-38-15-9-20-48(56(38)54(37)46)49(32-45)57(44)55(39)47/h1-34H. The molecule has 0 aliphatic rings. The van der Waals surface area contributed by atoms with Gasteiger partial charge in [0.15, 0.2) is 5.82 Å². The van der Waals surface area contributed by atoms with E-state index in [2.05, 4.69) is 188 Å². The Morgan fingerprint density at radius 3 is 1.49 bits per heavy atom. The van der Waals surface area contributed by atoms with Gasteiger partial charge in [-0.25, -0.2) is 9.97 Å². The summed E-state index contributed by atoms with van der Waals surface area (Å²) in [5.74, 6) is 0.726. The highest BCUT2D eigenvalue weighted by molar-refractivity contribution is 7.22. The van der Waals surface area contributed by atoms with Crippen molar-refractivity contribution in [3.8, 4) is 55.5 Å². The van der Waals surface area contributed by atoms with Crippen LogP contribution in [0.1, 0.15) is 0 Å². The van der Waals surface area contributed by atoms with Gasteiger partial charge < -0.3 is 0 Å². The van der Waals surface area contributed by atoms with Crippen LogP contribution in [-0.2, 0) is 0 Å². The molecule has 13 aromatic rings. The molecule has 2 nitrogen and oxygen atoms in total. The lowest BCUT2D eigenvalue weighted by atomic mass is 9.86. The molecule has 0 bridgehead atoms. The van der Waals surface area contributed by atoms with Gasteiger partial charge in [0.25, 0.3) is 0 Å². The third-order valence-electron chi connectivity index (χ3n) is 12.6. The van der Waals surface area contributed by atoms with Crippen LogP contribution < -0.4 is 0 Å². The largest absolute Gasteiger partial charge is 0.228 e. The van der Waals surface area contributed by atoms with Crippen molar-refractivity contribution in [2.24, 2.45) is 0 Å². The molecular formula is C58H34N2S. The minimum atomic E-state index is 0.726. The molecule has 0 fully saturated rings. The molecule has 0 saturated heterocycles. The topological polar surface area (TPSA) is 25.8 Å². The first kappa shape index (κ1) is 34.2. The van der Waals surface area contributed by atoms with Gasteiger partial charge in [-0.1, -0.05) is 170 Å². The number of nitrogens with zero attached hydrogens (tertiary/aromatic N) is 2. The molecule has 0 unspecified atom stereocenters. The minimum absolute atomic E-state index is 0.726. The van der Waals surface area contributed by atoms with Crippen LogP contribution in [0.3, 0.4) is 0 Å². The Morgan fingerprint density at radius 1 is 0.279 bits per heavy atom. The maximum Gasteiger partial charge on any atom is 0.160 e. The molecule has 0 amide bonds. The summed E-state index contributed by atoms with van der Waals surface area (Å²) in [7, 11) is 0. The predicted octanol–water partition coefficient (Wildman–Crippen LogP) is 16.4. The van der Waals surface area contributed by atoms with Gasteiger partial charge >= 0.3 is 0 Å². The summed E-state index contributed by atoms with van der Waals surface area (Å²) < 4.78 is 1.25. The van der Waals surface area contributed by atoms with Crippen LogP contribution in [0.5, 0.6) is 0 Å².